The maximum atomic E-state index is 11.9. The van der Waals surface area contributed by atoms with E-state index >= 15 is 0 Å². The molecule has 21 heavy (non-hydrogen) atoms. The van der Waals surface area contributed by atoms with Gasteiger partial charge in [-0.3, -0.25) is 0 Å². The molecule has 0 heterocycles. The molecular weight excluding hydrogens is 338 g/mol. The van der Waals surface area contributed by atoms with Crippen LogP contribution in [0.25, 0.3) is 0 Å². The standard InChI is InChI=1S/C12H18ClNO5S2/c1-12(2,3)20(15,16)7-6-19-10-5-4-9(13)8-11(10)21(14,17)18/h4-5,8H,6-7H2,1-3H3,(H2,14,17,18). The highest BCUT2D eigenvalue weighted by molar-refractivity contribution is 7.92. The van der Waals surface area contributed by atoms with E-state index in [-0.39, 0.29) is 28.0 Å². The molecule has 0 fully saturated rings. The predicted molar refractivity (Wildman–Crippen MR) is 81.9 cm³/mol. The first kappa shape index (κ1) is 18.2. The Balaban J connectivity index is 2.92. The zero-order chi connectivity index (χ0) is 16.5. The maximum Gasteiger partial charge on any atom is 0.241 e. The van der Waals surface area contributed by atoms with Gasteiger partial charge in [-0.1, -0.05) is 11.6 Å². The lowest BCUT2D eigenvalue weighted by Crippen LogP contribution is -2.32. The summed E-state index contributed by atoms with van der Waals surface area (Å²) < 4.78 is 51.1. The number of primary sulfonamides is 1. The van der Waals surface area contributed by atoms with Crippen LogP contribution in [0.4, 0.5) is 0 Å². The van der Waals surface area contributed by atoms with Gasteiger partial charge in [-0.05, 0) is 39.0 Å². The normalized spacial score (nSPS) is 13.2. The summed E-state index contributed by atoms with van der Waals surface area (Å²) in [4.78, 5) is -0.275. The SMILES string of the molecule is CC(C)(C)S(=O)(=O)CCOc1ccc(Cl)cc1S(N)(=O)=O. The molecule has 0 bridgehead atoms. The molecule has 0 aliphatic carbocycles. The van der Waals surface area contributed by atoms with Crippen LogP contribution in [0.2, 0.25) is 5.02 Å². The first-order chi connectivity index (χ1) is 9.34. The molecule has 120 valence electrons. The van der Waals surface area contributed by atoms with Gasteiger partial charge < -0.3 is 4.74 Å². The molecule has 0 spiro atoms. The van der Waals surface area contributed by atoms with Crippen LogP contribution in [-0.4, -0.2) is 33.9 Å². The van der Waals surface area contributed by atoms with E-state index in [4.69, 9.17) is 21.5 Å². The lowest BCUT2D eigenvalue weighted by atomic mass is 10.3. The monoisotopic (exact) mass is 355 g/mol. The van der Waals surface area contributed by atoms with Crippen molar-refractivity contribution in [2.24, 2.45) is 5.14 Å². The number of rotatable bonds is 5. The van der Waals surface area contributed by atoms with Crippen LogP contribution >= 0.6 is 11.6 Å². The van der Waals surface area contributed by atoms with Crippen LogP contribution in [-0.2, 0) is 19.9 Å². The van der Waals surface area contributed by atoms with Crippen LogP contribution in [0.5, 0.6) is 5.75 Å². The van der Waals surface area contributed by atoms with E-state index in [9.17, 15) is 16.8 Å². The molecule has 6 nitrogen and oxygen atoms in total. The lowest BCUT2D eigenvalue weighted by molar-refractivity contribution is 0.331. The van der Waals surface area contributed by atoms with Gasteiger partial charge in [-0.2, -0.15) is 0 Å². The summed E-state index contributed by atoms with van der Waals surface area (Å²) in [6.07, 6.45) is 0. The van der Waals surface area contributed by atoms with E-state index in [2.05, 4.69) is 0 Å². The molecule has 0 aliphatic heterocycles. The quantitative estimate of drug-likeness (QED) is 0.863. The molecule has 0 aliphatic rings. The number of benzene rings is 1. The fourth-order valence-corrected chi connectivity index (χ4v) is 3.24. The molecule has 0 unspecified atom stereocenters. The molecule has 0 atom stereocenters. The third-order valence-electron chi connectivity index (χ3n) is 2.75. The molecule has 0 saturated carbocycles. The summed E-state index contributed by atoms with van der Waals surface area (Å²) >= 11 is 5.72. The van der Waals surface area contributed by atoms with Crippen molar-refractivity contribution in [3.8, 4) is 5.75 Å². The second kappa shape index (κ2) is 6.12. The van der Waals surface area contributed by atoms with Gasteiger partial charge in [-0.25, -0.2) is 22.0 Å². The van der Waals surface area contributed by atoms with Crippen molar-refractivity contribution in [1.82, 2.24) is 0 Å². The second-order valence-corrected chi connectivity index (χ2v) is 10.2. The van der Waals surface area contributed by atoms with Gasteiger partial charge in [0.2, 0.25) is 10.0 Å². The highest BCUT2D eigenvalue weighted by atomic mass is 35.5. The number of hydrogen-bond acceptors (Lipinski definition) is 5. The van der Waals surface area contributed by atoms with Crippen molar-refractivity contribution in [2.45, 2.75) is 30.4 Å². The van der Waals surface area contributed by atoms with E-state index in [1.54, 1.807) is 20.8 Å². The number of nitrogens with two attached hydrogens (primary N) is 1. The molecule has 1 rings (SSSR count). The smallest absolute Gasteiger partial charge is 0.241 e. The number of sulfonamides is 1. The molecule has 0 aromatic heterocycles. The van der Waals surface area contributed by atoms with E-state index in [0.717, 1.165) is 6.07 Å². The van der Waals surface area contributed by atoms with Crippen molar-refractivity contribution in [1.29, 1.82) is 0 Å². The molecule has 1 aromatic carbocycles. The topological polar surface area (TPSA) is 104 Å². The molecule has 1 aromatic rings. The minimum absolute atomic E-state index is 0.0222. The van der Waals surface area contributed by atoms with Crippen molar-refractivity contribution < 1.29 is 21.6 Å². The number of halogens is 1. The Labute approximate surface area is 130 Å². The van der Waals surface area contributed by atoms with Crippen LogP contribution < -0.4 is 9.88 Å². The zero-order valence-corrected chi connectivity index (χ0v) is 14.3. The zero-order valence-electron chi connectivity index (χ0n) is 12.0. The van der Waals surface area contributed by atoms with Gasteiger partial charge in [0.05, 0.1) is 10.5 Å². The highest BCUT2D eigenvalue weighted by Crippen LogP contribution is 2.26. The van der Waals surface area contributed by atoms with Crippen molar-refractivity contribution in [3.05, 3.63) is 23.2 Å². The summed E-state index contributed by atoms with van der Waals surface area (Å²) in [5, 5.41) is 5.26. The lowest BCUT2D eigenvalue weighted by Gasteiger charge is -2.19. The molecule has 0 saturated heterocycles. The van der Waals surface area contributed by atoms with Crippen molar-refractivity contribution in [2.75, 3.05) is 12.4 Å². The first-order valence-corrected chi connectivity index (χ1v) is 9.60. The number of hydrogen-bond donors (Lipinski definition) is 1. The van der Waals surface area contributed by atoms with Crippen molar-refractivity contribution in [3.63, 3.8) is 0 Å². The third kappa shape index (κ3) is 4.84. The van der Waals surface area contributed by atoms with E-state index in [1.165, 1.54) is 12.1 Å². The number of sulfone groups is 1. The van der Waals surface area contributed by atoms with Gasteiger partial charge >= 0.3 is 0 Å². The summed E-state index contributed by atoms with van der Waals surface area (Å²) in [5.41, 5.74) is 0. The summed E-state index contributed by atoms with van der Waals surface area (Å²) in [6, 6.07) is 3.93. The maximum absolute atomic E-state index is 11.9. The van der Waals surface area contributed by atoms with Crippen LogP contribution in [0.15, 0.2) is 23.1 Å². The van der Waals surface area contributed by atoms with Crippen LogP contribution in [0.1, 0.15) is 20.8 Å². The fourth-order valence-electron chi connectivity index (χ4n) is 1.39. The number of ether oxygens (including phenoxy) is 1. The third-order valence-corrected chi connectivity index (χ3v) is 6.49. The Hall–Kier alpha value is -0.830. The summed E-state index contributed by atoms with van der Waals surface area (Å²) in [5.74, 6) is -0.255. The second-order valence-electron chi connectivity index (χ2n) is 5.42. The Bertz CT molecular complexity index is 721. The summed E-state index contributed by atoms with van der Waals surface area (Å²) in [7, 11) is -7.37. The van der Waals surface area contributed by atoms with E-state index < -0.39 is 24.6 Å². The fraction of sp³-hybridized carbons (Fsp3) is 0.500. The Kier molecular flexibility index (Phi) is 5.31. The Morgan fingerprint density at radius 2 is 1.76 bits per heavy atom. The minimum Gasteiger partial charge on any atom is -0.491 e. The molecule has 9 heteroatoms. The highest BCUT2D eigenvalue weighted by Gasteiger charge is 2.28. The van der Waals surface area contributed by atoms with Gasteiger partial charge in [-0.15, -0.1) is 0 Å². The van der Waals surface area contributed by atoms with Crippen molar-refractivity contribution >= 4 is 31.5 Å². The van der Waals surface area contributed by atoms with Gasteiger partial charge in [0.1, 0.15) is 17.3 Å². The van der Waals surface area contributed by atoms with Crippen LogP contribution in [0, 0.1) is 0 Å². The Morgan fingerprint density at radius 1 is 1.19 bits per heavy atom. The van der Waals surface area contributed by atoms with E-state index in [0.29, 0.717) is 0 Å². The Morgan fingerprint density at radius 3 is 2.24 bits per heavy atom. The summed E-state index contributed by atoms with van der Waals surface area (Å²) in [6.45, 7) is 4.57. The largest absolute Gasteiger partial charge is 0.491 e. The van der Waals surface area contributed by atoms with Gasteiger partial charge in [0, 0.05) is 5.02 Å². The minimum atomic E-state index is -4.01. The molecular formula is C12H18ClNO5S2. The molecule has 0 radical (unpaired) electrons. The van der Waals surface area contributed by atoms with Gasteiger partial charge in [0.15, 0.2) is 9.84 Å². The predicted octanol–water partition coefficient (Wildman–Crippen LogP) is 1.58. The average molecular weight is 356 g/mol. The molecule has 2 N–H and O–H groups in total. The molecule has 0 amide bonds. The first-order valence-electron chi connectivity index (χ1n) is 6.02. The average Bonchev–Trinajstić information content (AvgIpc) is 2.28. The van der Waals surface area contributed by atoms with E-state index in [1.807, 2.05) is 0 Å². The van der Waals surface area contributed by atoms with Gasteiger partial charge in [0.25, 0.3) is 0 Å². The van der Waals surface area contributed by atoms with Crippen LogP contribution in [0.3, 0.4) is 0 Å².